The summed E-state index contributed by atoms with van der Waals surface area (Å²) in [5.41, 5.74) is 9.16. The minimum Gasteiger partial charge on any atom is -0.437 e. The molecule has 0 spiro atoms. The summed E-state index contributed by atoms with van der Waals surface area (Å²) in [5, 5.41) is 16.1. The SMILES string of the molecule is CCc1nnc(Oc2cccc(C)c2)c(C(=N)N)c1CC. The molecule has 2 rings (SSSR count). The standard InChI is InChI=1S/C16H20N4O/c1-4-12-13(5-2)19-20-16(14(12)15(17)18)21-11-8-6-7-10(3)9-11/h6-9H,4-5H2,1-3H3,(H3,17,18). The lowest BCUT2D eigenvalue weighted by Crippen LogP contribution is -2.18. The van der Waals surface area contributed by atoms with Crippen LogP contribution in [0.15, 0.2) is 24.3 Å². The largest absolute Gasteiger partial charge is 0.437 e. The van der Waals surface area contributed by atoms with E-state index in [1.54, 1.807) is 0 Å². The van der Waals surface area contributed by atoms with Gasteiger partial charge in [-0.15, -0.1) is 5.10 Å². The second-order valence-corrected chi connectivity index (χ2v) is 4.84. The molecule has 0 saturated carbocycles. The highest BCUT2D eigenvalue weighted by Crippen LogP contribution is 2.27. The van der Waals surface area contributed by atoms with Crippen LogP contribution in [0.25, 0.3) is 0 Å². The van der Waals surface area contributed by atoms with Crippen LogP contribution in [0.3, 0.4) is 0 Å². The molecule has 0 aliphatic heterocycles. The van der Waals surface area contributed by atoms with Crippen molar-refractivity contribution in [1.29, 1.82) is 5.41 Å². The lowest BCUT2D eigenvalue weighted by Gasteiger charge is -2.14. The molecule has 0 aliphatic rings. The molecule has 0 fully saturated rings. The molecule has 0 amide bonds. The highest BCUT2D eigenvalue weighted by atomic mass is 16.5. The summed E-state index contributed by atoms with van der Waals surface area (Å²) in [7, 11) is 0. The minimum absolute atomic E-state index is 0.0425. The third-order valence-electron chi connectivity index (χ3n) is 3.29. The van der Waals surface area contributed by atoms with Gasteiger partial charge in [0.05, 0.1) is 11.3 Å². The van der Waals surface area contributed by atoms with E-state index in [9.17, 15) is 0 Å². The number of benzene rings is 1. The maximum atomic E-state index is 7.83. The third kappa shape index (κ3) is 3.18. The predicted octanol–water partition coefficient (Wildman–Crippen LogP) is 2.99. The van der Waals surface area contributed by atoms with Crippen LogP contribution in [-0.2, 0) is 12.8 Å². The Morgan fingerprint density at radius 1 is 1.24 bits per heavy atom. The summed E-state index contributed by atoms with van der Waals surface area (Å²) in [5.74, 6) is 0.916. The number of hydrogen-bond donors (Lipinski definition) is 2. The number of nitrogens with zero attached hydrogens (tertiary/aromatic N) is 2. The number of ether oxygens (including phenoxy) is 1. The van der Waals surface area contributed by atoms with Gasteiger partial charge in [-0.1, -0.05) is 26.0 Å². The quantitative estimate of drug-likeness (QED) is 0.653. The second kappa shape index (κ2) is 6.35. The molecule has 0 bridgehead atoms. The Hall–Kier alpha value is -2.43. The molecule has 110 valence electrons. The van der Waals surface area contributed by atoms with Gasteiger partial charge in [0, 0.05) is 0 Å². The van der Waals surface area contributed by atoms with Crippen molar-refractivity contribution in [3.63, 3.8) is 0 Å². The van der Waals surface area contributed by atoms with E-state index in [-0.39, 0.29) is 5.84 Å². The zero-order valence-corrected chi connectivity index (χ0v) is 12.6. The first-order valence-corrected chi connectivity index (χ1v) is 7.04. The first-order valence-electron chi connectivity index (χ1n) is 7.04. The lowest BCUT2D eigenvalue weighted by molar-refractivity contribution is 0.451. The third-order valence-corrected chi connectivity index (χ3v) is 3.29. The Balaban J connectivity index is 2.50. The van der Waals surface area contributed by atoms with E-state index >= 15 is 0 Å². The molecule has 1 aromatic carbocycles. The summed E-state index contributed by atoms with van der Waals surface area (Å²) in [6, 6.07) is 7.65. The van der Waals surface area contributed by atoms with Gasteiger partial charge in [-0.25, -0.2) is 0 Å². The van der Waals surface area contributed by atoms with Crippen LogP contribution in [0.5, 0.6) is 11.6 Å². The van der Waals surface area contributed by atoms with Crippen LogP contribution in [0.1, 0.15) is 36.2 Å². The Morgan fingerprint density at radius 3 is 2.57 bits per heavy atom. The minimum atomic E-state index is -0.0425. The monoisotopic (exact) mass is 284 g/mol. The van der Waals surface area contributed by atoms with Crippen molar-refractivity contribution in [2.75, 3.05) is 0 Å². The lowest BCUT2D eigenvalue weighted by atomic mass is 10.0. The molecule has 1 aromatic heterocycles. The normalized spacial score (nSPS) is 10.4. The average Bonchev–Trinajstić information content (AvgIpc) is 2.46. The molecule has 0 radical (unpaired) electrons. The van der Waals surface area contributed by atoms with E-state index in [2.05, 4.69) is 10.2 Å². The van der Waals surface area contributed by atoms with Gasteiger partial charge in [-0.3, -0.25) is 5.41 Å². The number of nitrogens with two attached hydrogens (primary N) is 1. The molecule has 0 saturated heterocycles. The summed E-state index contributed by atoms with van der Waals surface area (Å²) in [6.45, 7) is 6.01. The molecule has 0 aliphatic carbocycles. The first kappa shape index (κ1) is 15.0. The van der Waals surface area contributed by atoms with Crippen molar-refractivity contribution in [1.82, 2.24) is 10.2 Å². The van der Waals surface area contributed by atoms with Crippen molar-refractivity contribution in [2.45, 2.75) is 33.6 Å². The fourth-order valence-corrected chi connectivity index (χ4v) is 2.29. The molecular formula is C16H20N4O. The highest BCUT2D eigenvalue weighted by Gasteiger charge is 2.18. The van der Waals surface area contributed by atoms with Gasteiger partial charge in [0.15, 0.2) is 0 Å². The molecule has 5 heteroatoms. The molecule has 1 heterocycles. The maximum absolute atomic E-state index is 7.83. The molecule has 5 nitrogen and oxygen atoms in total. The number of hydrogen-bond acceptors (Lipinski definition) is 4. The maximum Gasteiger partial charge on any atom is 0.250 e. The van der Waals surface area contributed by atoms with E-state index in [1.165, 1.54) is 0 Å². The Bertz CT molecular complexity index is 667. The van der Waals surface area contributed by atoms with Crippen molar-refractivity contribution >= 4 is 5.84 Å². The zero-order chi connectivity index (χ0) is 15.4. The topological polar surface area (TPSA) is 84.9 Å². The zero-order valence-electron chi connectivity index (χ0n) is 12.6. The van der Waals surface area contributed by atoms with Crippen LogP contribution >= 0.6 is 0 Å². The van der Waals surface area contributed by atoms with E-state index < -0.39 is 0 Å². The van der Waals surface area contributed by atoms with E-state index in [0.717, 1.165) is 29.7 Å². The molecule has 2 aromatic rings. The molecule has 0 atom stereocenters. The van der Waals surface area contributed by atoms with Crippen molar-refractivity contribution in [3.05, 3.63) is 46.6 Å². The molecule has 3 N–H and O–H groups in total. The average molecular weight is 284 g/mol. The van der Waals surface area contributed by atoms with Crippen LogP contribution in [0.2, 0.25) is 0 Å². The fourth-order valence-electron chi connectivity index (χ4n) is 2.29. The van der Waals surface area contributed by atoms with E-state index in [0.29, 0.717) is 17.2 Å². The highest BCUT2D eigenvalue weighted by molar-refractivity contribution is 5.98. The Morgan fingerprint density at radius 2 is 2.00 bits per heavy atom. The van der Waals surface area contributed by atoms with Gasteiger partial charge in [-0.05, 0) is 43.0 Å². The van der Waals surface area contributed by atoms with Gasteiger partial charge >= 0.3 is 0 Å². The van der Waals surface area contributed by atoms with Crippen LogP contribution in [0.4, 0.5) is 0 Å². The number of aryl methyl sites for hydroxylation is 2. The summed E-state index contributed by atoms with van der Waals surface area (Å²) in [4.78, 5) is 0. The summed E-state index contributed by atoms with van der Waals surface area (Å²) < 4.78 is 5.80. The number of aromatic nitrogens is 2. The summed E-state index contributed by atoms with van der Waals surface area (Å²) in [6.07, 6.45) is 1.49. The molecule has 0 unspecified atom stereocenters. The van der Waals surface area contributed by atoms with Crippen molar-refractivity contribution < 1.29 is 4.74 Å². The van der Waals surface area contributed by atoms with Gasteiger partial charge < -0.3 is 10.5 Å². The number of nitrogens with one attached hydrogen (secondary N) is 1. The van der Waals surface area contributed by atoms with Crippen LogP contribution in [-0.4, -0.2) is 16.0 Å². The van der Waals surface area contributed by atoms with E-state index in [4.69, 9.17) is 15.9 Å². The Labute approximate surface area is 124 Å². The number of rotatable bonds is 5. The van der Waals surface area contributed by atoms with Crippen molar-refractivity contribution in [2.24, 2.45) is 5.73 Å². The molecular weight excluding hydrogens is 264 g/mol. The van der Waals surface area contributed by atoms with Gasteiger partial charge in [0.25, 0.3) is 0 Å². The molecule has 21 heavy (non-hydrogen) atoms. The number of amidine groups is 1. The Kier molecular flexibility index (Phi) is 4.52. The smallest absolute Gasteiger partial charge is 0.250 e. The van der Waals surface area contributed by atoms with Crippen LogP contribution in [0, 0.1) is 12.3 Å². The van der Waals surface area contributed by atoms with Gasteiger partial charge in [-0.2, -0.15) is 5.10 Å². The van der Waals surface area contributed by atoms with E-state index in [1.807, 2.05) is 45.0 Å². The second-order valence-electron chi connectivity index (χ2n) is 4.84. The van der Waals surface area contributed by atoms with Gasteiger partial charge in [0.1, 0.15) is 11.6 Å². The first-order chi connectivity index (χ1) is 10.1. The predicted molar refractivity (Wildman–Crippen MR) is 83.1 cm³/mol. The number of nitrogen functional groups attached to an aromatic ring is 1. The van der Waals surface area contributed by atoms with Crippen molar-refractivity contribution in [3.8, 4) is 11.6 Å². The van der Waals surface area contributed by atoms with Gasteiger partial charge in [0.2, 0.25) is 5.88 Å². The summed E-state index contributed by atoms with van der Waals surface area (Å²) >= 11 is 0. The fraction of sp³-hybridized carbons (Fsp3) is 0.312. The van der Waals surface area contributed by atoms with Crippen LogP contribution < -0.4 is 10.5 Å².